The minimum atomic E-state index is -4.78. The topological polar surface area (TPSA) is 77.1 Å². The molecule has 5 rings (SSSR count). The molecule has 0 saturated carbocycles. The normalized spacial score (nSPS) is 12.2. The second-order valence-corrected chi connectivity index (χ2v) is 9.98. The highest BCUT2D eigenvalue weighted by atomic mass is 19.4. The van der Waals surface area contributed by atoms with Gasteiger partial charge in [0, 0.05) is 11.6 Å². The fourth-order valence-corrected chi connectivity index (χ4v) is 4.56. The molecule has 0 aliphatic carbocycles. The Bertz CT molecular complexity index is 1830. The number of hydrogen-bond acceptors (Lipinski definition) is 4. The second-order valence-electron chi connectivity index (χ2n) is 9.98. The maximum atomic E-state index is 14.0. The number of carbonyl (C=O) groups is 1. The van der Waals surface area contributed by atoms with Gasteiger partial charge < -0.3 is 5.32 Å². The zero-order valence-electron chi connectivity index (χ0n) is 22.8. The highest BCUT2D eigenvalue weighted by Crippen LogP contribution is 2.33. The van der Waals surface area contributed by atoms with E-state index < -0.39 is 29.5 Å². The van der Waals surface area contributed by atoms with Crippen LogP contribution in [0.3, 0.4) is 0 Å². The van der Waals surface area contributed by atoms with Crippen molar-refractivity contribution >= 4 is 17.2 Å². The number of anilines is 1. The predicted octanol–water partition coefficient (Wildman–Crippen LogP) is 7.16. The number of nitrogens with one attached hydrogen (secondary N) is 1. The summed E-state index contributed by atoms with van der Waals surface area (Å²) in [6, 6.07) is 12.1. The molecule has 5 aromatic rings. The van der Waals surface area contributed by atoms with Crippen molar-refractivity contribution in [3.63, 3.8) is 0 Å². The maximum absolute atomic E-state index is 14.0. The predicted molar refractivity (Wildman–Crippen MR) is 143 cm³/mol. The van der Waals surface area contributed by atoms with Crippen molar-refractivity contribution in [2.75, 3.05) is 5.32 Å². The maximum Gasteiger partial charge on any atom is 0.433 e. The summed E-state index contributed by atoms with van der Waals surface area (Å²) in [7, 11) is 0. The SMILES string of the molecule is Cc1ccc(-c2cc(C(F)(F)F)n3nc(C(=O)Nc4c(C)nn(Cc5cccc(C(F)(F)F)c5)c4C)cc3n2)cc1C. The molecule has 42 heavy (non-hydrogen) atoms. The van der Waals surface area contributed by atoms with Crippen molar-refractivity contribution in [2.45, 2.75) is 46.6 Å². The standard InChI is InChI=1S/C29H24F6N6O/c1-15-8-9-20(10-16(15)2)22-12-24(29(33,34)35)41-25(36-22)13-23(39-41)27(42)37-26-17(3)38-40(18(26)4)14-19-6-5-7-21(11-19)28(30,31)32/h5-13H,14H2,1-4H3,(H,37,42). The van der Waals surface area contributed by atoms with E-state index in [9.17, 15) is 31.1 Å². The summed E-state index contributed by atoms with van der Waals surface area (Å²) < 4.78 is 83.5. The van der Waals surface area contributed by atoms with Crippen LogP contribution in [0, 0.1) is 27.7 Å². The van der Waals surface area contributed by atoms with Crippen LogP contribution in [-0.2, 0) is 18.9 Å². The average molecular weight is 587 g/mol. The first kappa shape index (κ1) is 28.8. The van der Waals surface area contributed by atoms with E-state index in [0.717, 1.165) is 35.4 Å². The van der Waals surface area contributed by atoms with Crippen molar-refractivity contribution in [2.24, 2.45) is 0 Å². The Kier molecular flexibility index (Phi) is 7.07. The van der Waals surface area contributed by atoms with E-state index in [0.29, 0.717) is 27.0 Å². The molecule has 0 radical (unpaired) electrons. The third-order valence-electron chi connectivity index (χ3n) is 6.96. The molecule has 0 aliphatic heterocycles. The van der Waals surface area contributed by atoms with Gasteiger partial charge in [0.25, 0.3) is 5.91 Å². The van der Waals surface area contributed by atoms with Gasteiger partial charge >= 0.3 is 12.4 Å². The summed E-state index contributed by atoms with van der Waals surface area (Å²) in [5.41, 5.74) is 1.46. The van der Waals surface area contributed by atoms with Gasteiger partial charge in [-0.05, 0) is 68.7 Å². The molecule has 3 heterocycles. The molecule has 13 heteroatoms. The van der Waals surface area contributed by atoms with Gasteiger partial charge in [0.15, 0.2) is 17.0 Å². The van der Waals surface area contributed by atoms with Crippen molar-refractivity contribution in [3.05, 3.63) is 99.6 Å². The van der Waals surface area contributed by atoms with E-state index in [1.165, 1.54) is 16.8 Å². The lowest BCUT2D eigenvalue weighted by Crippen LogP contribution is -2.16. The molecule has 1 N–H and O–H groups in total. The lowest BCUT2D eigenvalue weighted by Gasteiger charge is -2.11. The van der Waals surface area contributed by atoms with Gasteiger partial charge in [0.2, 0.25) is 0 Å². The Morgan fingerprint density at radius 3 is 2.26 bits per heavy atom. The molecule has 0 unspecified atom stereocenters. The van der Waals surface area contributed by atoms with Gasteiger partial charge in [-0.1, -0.05) is 24.3 Å². The van der Waals surface area contributed by atoms with Crippen LogP contribution < -0.4 is 5.32 Å². The number of aromatic nitrogens is 5. The molecule has 7 nitrogen and oxygen atoms in total. The monoisotopic (exact) mass is 586 g/mol. The molecular formula is C29H24F6N6O. The molecule has 0 aliphatic rings. The summed E-state index contributed by atoms with van der Waals surface area (Å²) in [5.74, 6) is -0.800. The molecule has 1 amide bonds. The first-order valence-corrected chi connectivity index (χ1v) is 12.7. The smallest absolute Gasteiger partial charge is 0.317 e. The molecule has 0 saturated heterocycles. The van der Waals surface area contributed by atoms with Gasteiger partial charge in [-0.3, -0.25) is 9.48 Å². The fraction of sp³-hybridized carbons (Fsp3) is 0.241. The minimum Gasteiger partial charge on any atom is -0.317 e. The van der Waals surface area contributed by atoms with Crippen molar-refractivity contribution in [1.29, 1.82) is 0 Å². The summed E-state index contributed by atoms with van der Waals surface area (Å²) in [6.45, 7) is 6.94. The van der Waals surface area contributed by atoms with Crippen LogP contribution in [0.4, 0.5) is 32.0 Å². The van der Waals surface area contributed by atoms with E-state index >= 15 is 0 Å². The van der Waals surface area contributed by atoms with Crippen molar-refractivity contribution in [1.82, 2.24) is 24.4 Å². The molecule has 0 atom stereocenters. The largest absolute Gasteiger partial charge is 0.433 e. The summed E-state index contributed by atoms with van der Waals surface area (Å²) in [4.78, 5) is 17.5. The van der Waals surface area contributed by atoms with Crippen LogP contribution in [-0.4, -0.2) is 30.3 Å². The van der Waals surface area contributed by atoms with E-state index in [4.69, 9.17) is 0 Å². The number of nitrogens with zero attached hydrogens (tertiary/aromatic N) is 5. The van der Waals surface area contributed by atoms with Crippen LogP contribution in [0.1, 0.15) is 49.8 Å². The molecule has 2 aromatic carbocycles. The number of amides is 1. The number of hydrogen-bond donors (Lipinski definition) is 1. The molecule has 0 spiro atoms. The molecule has 0 bridgehead atoms. The molecule has 3 aromatic heterocycles. The van der Waals surface area contributed by atoms with Gasteiger partial charge in [-0.25, -0.2) is 9.50 Å². The Labute approximate surface area is 235 Å². The highest BCUT2D eigenvalue weighted by molar-refractivity contribution is 6.04. The summed E-state index contributed by atoms with van der Waals surface area (Å²) in [6.07, 6.45) is -9.29. The second kappa shape index (κ2) is 10.3. The number of aryl methyl sites for hydroxylation is 3. The van der Waals surface area contributed by atoms with Crippen LogP contribution in [0.25, 0.3) is 16.9 Å². The third-order valence-corrected chi connectivity index (χ3v) is 6.96. The quantitative estimate of drug-likeness (QED) is 0.222. The van der Waals surface area contributed by atoms with Gasteiger partial charge in [0.1, 0.15) is 0 Å². The highest BCUT2D eigenvalue weighted by Gasteiger charge is 2.36. The third kappa shape index (κ3) is 5.58. The number of alkyl halides is 6. The Balaban J connectivity index is 1.46. The summed E-state index contributed by atoms with van der Waals surface area (Å²) >= 11 is 0. The van der Waals surface area contributed by atoms with Crippen molar-refractivity contribution < 1.29 is 31.1 Å². The first-order valence-electron chi connectivity index (χ1n) is 12.7. The van der Waals surface area contributed by atoms with Crippen LogP contribution in [0.2, 0.25) is 0 Å². The van der Waals surface area contributed by atoms with E-state index in [1.807, 2.05) is 13.8 Å². The Morgan fingerprint density at radius 2 is 1.60 bits per heavy atom. The van der Waals surface area contributed by atoms with Crippen LogP contribution in [0.5, 0.6) is 0 Å². The molecular weight excluding hydrogens is 562 g/mol. The first-order chi connectivity index (χ1) is 19.6. The Hall–Kier alpha value is -4.68. The van der Waals surface area contributed by atoms with E-state index in [2.05, 4.69) is 20.5 Å². The number of halogens is 6. The number of benzene rings is 2. The zero-order chi connectivity index (χ0) is 30.6. The lowest BCUT2D eigenvalue weighted by atomic mass is 10.0. The average Bonchev–Trinajstić information content (AvgIpc) is 3.45. The number of rotatable bonds is 5. The lowest BCUT2D eigenvalue weighted by molar-refractivity contribution is -0.142. The van der Waals surface area contributed by atoms with Crippen LogP contribution >= 0.6 is 0 Å². The van der Waals surface area contributed by atoms with Crippen molar-refractivity contribution in [3.8, 4) is 11.3 Å². The van der Waals surface area contributed by atoms with Gasteiger partial charge in [0.05, 0.1) is 34.9 Å². The number of fused-ring (bicyclic) bond motifs is 1. The zero-order valence-corrected chi connectivity index (χ0v) is 22.8. The Morgan fingerprint density at radius 1 is 0.857 bits per heavy atom. The summed E-state index contributed by atoms with van der Waals surface area (Å²) in [5, 5.41) is 10.9. The molecule has 0 fully saturated rings. The van der Waals surface area contributed by atoms with E-state index in [-0.39, 0.29) is 29.3 Å². The fourth-order valence-electron chi connectivity index (χ4n) is 4.56. The van der Waals surface area contributed by atoms with Gasteiger partial charge in [-0.2, -0.15) is 36.5 Å². The van der Waals surface area contributed by atoms with Crippen LogP contribution in [0.15, 0.2) is 54.6 Å². The molecule has 218 valence electrons. The number of carbonyl (C=O) groups excluding carboxylic acids is 1. The van der Waals surface area contributed by atoms with E-state index in [1.54, 1.807) is 32.0 Å². The minimum absolute atomic E-state index is 0.000945. The van der Waals surface area contributed by atoms with Gasteiger partial charge in [-0.15, -0.1) is 0 Å².